The molecule has 1 aliphatic heterocycles. The highest BCUT2D eigenvalue weighted by Crippen LogP contribution is 2.38. The number of benzene rings is 2. The molecular formula is C27H28N4O4. The smallest absolute Gasteiger partial charge is 0.322 e. The molecule has 5 rings (SSSR count). The summed E-state index contributed by atoms with van der Waals surface area (Å²) in [4.78, 5) is 41.5. The SMILES string of the molecule is Cc1cc(COc2ccc(NC(=O)C[C@@H]3CCCC[C@@]34NC(=O)NC4=O)cc2)c2ccccc2n1. The quantitative estimate of drug-likeness (QED) is 0.466. The van der Waals surface area contributed by atoms with Crippen molar-refractivity contribution in [2.75, 3.05) is 5.32 Å². The van der Waals surface area contributed by atoms with E-state index in [0.717, 1.165) is 41.4 Å². The van der Waals surface area contributed by atoms with Gasteiger partial charge in [-0.05, 0) is 62.1 Å². The number of carbonyl (C=O) groups is 3. The molecule has 1 saturated heterocycles. The number of rotatable bonds is 6. The number of amides is 4. The van der Waals surface area contributed by atoms with Gasteiger partial charge in [0.1, 0.15) is 17.9 Å². The fourth-order valence-corrected chi connectivity index (χ4v) is 5.24. The van der Waals surface area contributed by atoms with Gasteiger partial charge >= 0.3 is 6.03 Å². The van der Waals surface area contributed by atoms with Crippen LogP contribution in [0, 0.1) is 12.8 Å². The van der Waals surface area contributed by atoms with Crippen LogP contribution in [0.1, 0.15) is 43.4 Å². The van der Waals surface area contributed by atoms with Crippen LogP contribution in [0.4, 0.5) is 10.5 Å². The van der Waals surface area contributed by atoms with Crippen molar-refractivity contribution in [2.24, 2.45) is 5.92 Å². The first-order chi connectivity index (χ1) is 16.9. The van der Waals surface area contributed by atoms with Crippen LogP contribution in [0.25, 0.3) is 10.9 Å². The predicted octanol–water partition coefficient (Wildman–Crippen LogP) is 4.22. The second kappa shape index (κ2) is 9.37. The second-order valence-corrected chi connectivity index (χ2v) is 9.33. The number of nitrogens with zero attached hydrogens (tertiary/aromatic N) is 1. The molecule has 0 unspecified atom stereocenters. The number of hydrogen-bond acceptors (Lipinski definition) is 5. The number of anilines is 1. The predicted molar refractivity (Wildman–Crippen MR) is 132 cm³/mol. The van der Waals surface area contributed by atoms with Crippen LogP contribution in [0.15, 0.2) is 54.6 Å². The number of para-hydroxylation sites is 1. The van der Waals surface area contributed by atoms with E-state index in [1.807, 2.05) is 49.4 Å². The maximum Gasteiger partial charge on any atom is 0.322 e. The van der Waals surface area contributed by atoms with E-state index in [1.165, 1.54) is 0 Å². The summed E-state index contributed by atoms with van der Waals surface area (Å²) in [5.41, 5.74) is 2.63. The highest BCUT2D eigenvalue weighted by Gasteiger charge is 2.52. The normalized spacial score (nSPS) is 21.6. The van der Waals surface area contributed by atoms with Gasteiger partial charge in [-0.15, -0.1) is 0 Å². The monoisotopic (exact) mass is 472 g/mol. The molecule has 1 aliphatic carbocycles. The van der Waals surface area contributed by atoms with Gasteiger partial charge in [0.25, 0.3) is 5.91 Å². The zero-order chi connectivity index (χ0) is 24.4. The summed E-state index contributed by atoms with van der Waals surface area (Å²) in [5.74, 6) is -0.0432. The lowest BCUT2D eigenvalue weighted by Gasteiger charge is -2.38. The molecular weight excluding hydrogens is 444 g/mol. The van der Waals surface area contributed by atoms with Crippen molar-refractivity contribution in [3.63, 3.8) is 0 Å². The standard InChI is InChI=1S/C27H28N4O4/c1-17-14-18(22-7-2-3-8-23(22)28-17)16-35-21-11-9-20(10-12-21)29-24(32)15-19-6-4-5-13-27(19)25(33)30-26(34)31-27/h2-3,7-12,14,19H,4-6,13,15-16H2,1H3,(H,29,32)(H2,30,31,33,34)/t19-,27+/m0/s1. The topological polar surface area (TPSA) is 109 Å². The van der Waals surface area contributed by atoms with Crippen LogP contribution >= 0.6 is 0 Å². The molecule has 1 saturated carbocycles. The average molecular weight is 473 g/mol. The molecule has 2 fully saturated rings. The van der Waals surface area contributed by atoms with Crippen LogP contribution < -0.4 is 20.7 Å². The third kappa shape index (κ3) is 4.69. The molecule has 2 heterocycles. The molecule has 2 atom stereocenters. The number of hydrogen-bond donors (Lipinski definition) is 3. The molecule has 4 amide bonds. The van der Waals surface area contributed by atoms with Crippen molar-refractivity contribution < 1.29 is 19.1 Å². The summed E-state index contributed by atoms with van der Waals surface area (Å²) in [7, 11) is 0. The summed E-state index contributed by atoms with van der Waals surface area (Å²) < 4.78 is 6.00. The highest BCUT2D eigenvalue weighted by molar-refractivity contribution is 6.07. The molecule has 2 aliphatic rings. The third-order valence-corrected chi connectivity index (χ3v) is 6.93. The molecule has 180 valence electrons. The van der Waals surface area contributed by atoms with E-state index in [1.54, 1.807) is 12.1 Å². The van der Waals surface area contributed by atoms with Gasteiger partial charge in [0, 0.05) is 28.8 Å². The van der Waals surface area contributed by atoms with Gasteiger partial charge < -0.3 is 15.4 Å². The van der Waals surface area contributed by atoms with E-state index >= 15 is 0 Å². The van der Waals surface area contributed by atoms with Gasteiger partial charge in [-0.2, -0.15) is 0 Å². The van der Waals surface area contributed by atoms with Crippen LogP contribution in [0.5, 0.6) is 5.75 Å². The van der Waals surface area contributed by atoms with E-state index < -0.39 is 11.6 Å². The Morgan fingerprint density at radius 1 is 1.14 bits per heavy atom. The third-order valence-electron chi connectivity index (χ3n) is 6.93. The average Bonchev–Trinajstić information content (AvgIpc) is 3.12. The Hall–Kier alpha value is -3.94. The van der Waals surface area contributed by atoms with Crippen molar-refractivity contribution in [3.05, 3.63) is 65.9 Å². The van der Waals surface area contributed by atoms with Crippen LogP contribution in [-0.2, 0) is 16.2 Å². The van der Waals surface area contributed by atoms with E-state index in [-0.39, 0.29) is 24.2 Å². The zero-order valence-electron chi connectivity index (χ0n) is 19.6. The molecule has 2 aromatic carbocycles. The van der Waals surface area contributed by atoms with Gasteiger partial charge in [0.15, 0.2) is 0 Å². The molecule has 1 spiro atoms. The summed E-state index contributed by atoms with van der Waals surface area (Å²) in [6.45, 7) is 2.38. The molecule has 8 heteroatoms. The summed E-state index contributed by atoms with van der Waals surface area (Å²) >= 11 is 0. The zero-order valence-corrected chi connectivity index (χ0v) is 19.6. The minimum Gasteiger partial charge on any atom is -0.489 e. The van der Waals surface area contributed by atoms with Crippen LogP contribution in [0.2, 0.25) is 0 Å². The first-order valence-electron chi connectivity index (χ1n) is 11.9. The Balaban J connectivity index is 1.20. The van der Waals surface area contributed by atoms with Crippen molar-refractivity contribution in [1.82, 2.24) is 15.6 Å². The number of imide groups is 1. The Morgan fingerprint density at radius 3 is 2.71 bits per heavy atom. The lowest BCUT2D eigenvalue weighted by atomic mass is 9.71. The summed E-state index contributed by atoms with van der Waals surface area (Å²) in [6.07, 6.45) is 3.22. The number of aromatic nitrogens is 1. The summed E-state index contributed by atoms with van der Waals surface area (Å²) in [6, 6.07) is 16.8. The van der Waals surface area contributed by atoms with E-state index in [9.17, 15) is 14.4 Å². The number of aryl methyl sites for hydroxylation is 1. The summed E-state index contributed by atoms with van der Waals surface area (Å²) in [5, 5.41) is 9.09. The Kier molecular flexibility index (Phi) is 6.11. The number of ether oxygens (including phenoxy) is 1. The van der Waals surface area contributed by atoms with Crippen LogP contribution in [0.3, 0.4) is 0 Å². The fourth-order valence-electron chi connectivity index (χ4n) is 5.24. The van der Waals surface area contributed by atoms with E-state index in [0.29, 0.717) is 24.5 Å². The number of nitrogens with one attached hydrogen (secondary N) is 3. The largest absolute Gasteiger partial charge is 0.489 e. The first-order valence-corrected chi connectivity index (χ1v) is 11.9. The Labute approximate surface area is 203 Å². The molecule has 0 bridgehead atoms. The Bertz CT molecular complexity index is 1290. The number of pyridine rings is 1. The fraction of sp³-hybridized carbons (Fsp3) is 0.333. The van der Waals surface area contributed by atoms with E-state index in [2.05, 4.69) is 20.9 Å². The van der Waals surface area contributed by atoms with Gasteiger partial charge in [-0.25, -0.2) is 4.79 Å². The van der Waals surface area contributed by atoms with Crippen molar-refractivity contribution in [1.29, 1.82) is 0 Å². The van der Waals surface area contributed by atoms with Crippen LogP contribution in [-0.4, -0.2) is 28.4 Å². The number of urea groups is 1. The molecule has 35 heavy (non-hydrogen) atoms. The Morgan fingerprint density at radius 2 is 1.94 bits per heavy atom. The second-order valence-electron chi connectivity index (χ2n) is 9.33. The lowest BCUT2D eigenvalue weighted by molar-refractivity contribution is -0.128. The number of fused-ring (bicyclic) bond motifs is 1. The molecule has 3 aromatic rings. The van der Waals surface area contributed by atoms with E-state index in [4.69, 9.17) is 4.74 Å². The number of carbonyl (C=O) groups excluding carboxylic acids is 3. The first kappa shape index (κ1) is 22.8. The molecule has 1 aromatic heterocycles. The maximum absolute atomic E-state index is 12.8. The van der Waals surface area contributed by atoms with Crippen molar-refractivity contribution >= 4 is 34.4 Å². The lowest BCUT2D eigenvalue weighted by Crippen LogP contribution is -2.55. The van der Waals surface area contributed by atoms with Gasteiger partial charge in [-0.3, -0.25) is 19.9 Å². The van der Waals surface area contributed by atoms with Crippen molar-refractivity contribution in [2.45, 2.75) is 51.2 Å². The maximum atomic E-state index is 12.8. The van der Waals surface area contributed by atoms with Gasteiger partial charge in [-0.1, -0.05) is 31.0 Å². The van der Waals surface area contributed by atoms with Gasteiger partial charge in [0.05, 0.1) is 5.52 Å². The highest BCUT2D eigenvalue weighted by atomic mass is 16.5. The van der Waals surface area contributed by atoms with Gasteiger partial charge in [0.2, 0.25) is 5.91 Å². The molecule has 8 nitrogen and oxygen atoms in total. The molecule has 0 radical (unpaired) electrons. The molecule has 3 N–H and O–H groups in total. The van der Waals surface area contributed by atoms with Crippen molar-refractivity contribution in [3.8, 4) is 5.75 Å². The minimum atomic E-state index is -0.972. The minimum absolute atomic E-state index is 0.167.